The Kier molecular flexibility index (Phi) is 3.24. The maximum atomic E-state index is 6.07. The number of hydrogen-bond acceptors (Lipinski definition) is 3. The predicted octanol–water partition coefficient (Wildman–Crippen LogP) is 3.97. The van der Waals surface area contributed by atoms with Gasteiger partial charge >= 0.3 is 0 Å². The number of aromatic nitrogens is 2. The molecule has 102 valence electrons. The van der Waals surface area contributed by atoms with Crippen LogP contribution in [0.3, 0.4) is 0 Å². The quantitative estimate of drug-likeness (QED) is 0.638. The first-order valence-corrected chi connectivity index (χ1v) is 6.76. The van der Waals surface area contributed by atoms with Crippen LogP contribution in [-0.4, -0.2) is 10.2 Å². The number of nitrogen functional groups attached to an aromatic ring is 1. The maximum absolute atomic E-state index is 6.07. The molecule has 0 spiro atoms. The summed E-state index contributed by atoms with van der Waals surface area (Å²) in [6, 6.07) is 11.8. The summed E-state index contributed by atoms with van der Waals surface area (Å²) in [4.78, 5) is 0. The average molecular weight is 287 g/mol. The highest BCUT2D eigenvalue weighted by Gasteiger charge is 2.09. The van der Waals surface area contributed by atoms with Crippen molar-refractivity contribution in [1.82, 2.24) is 10.2 Å². The minimum absolute atomic E-state index is 0.134. The van der Waals surface area contributed by atoms with Gasteiger partial charge in [0.15, 0.2) is 0 Å². The largest absolute Gasteiger partial charge is 0.397 e. The predicted molar refractivity (Wildman–Crippen MR) is 84.0 cm³/mol. The van der Waals surface area contributed by atoms with E-state index in [1.165, 1.54) is 0 Å². The van der Waals surface area contributed by atoms with Gasteiger partial charge in [-0.3, -0.25) is 5.10 Å². The molecule has 20 heavy (non-hydrogen) atoms. The first kappa shape index (κ1) is 12.8. The zero-order valence-electron chi connectivity index (χ0n) is 11.0. The highest BCUT2D eigenvalue weighted by Crippen LogP contribution is 2.28. The van der Waals surface area contributed by atoms with E-state index in [1.54, 1.807) is 6.20 Å². The van der Waals surface area contributed by atoms with Crippen LogP contribution in [0.5, 0.6) is 0 Å². The summed E-state index contributed by atoms with van der Waals surface area (Å²) in [7, 11) is 0. The van der Waals surface area contributed by atoms with Crippen molar-refractivity contribution in [3.05, 3.63) is 53.2 Å². The number of fused-ring (bicyclic) bond motifs is 1. The summed E-state index contributed by atoms with van der Waals surface area (Å²) in [6.45, 7) is 2.08. The molecule has 1 aromatic heterocycles. The Hall–Kier alpha value is -2.20. The monoisotopic (exact) mass is 286 g/mol. The van der Waals surface area contributed by atoms with Gasteiger partial charge in [0.25, 0.3) is 0 Å². The summed E-state index contributed by atoms with van der Waals surface area (Å²) >= 11 is 5.90. The molecule has 0 amide bonds. The minimum atomic E-state index is 0.134. The van der Waals surface area contributed by atoms with E-state index in [1.807, 2.05) is 36.4 Å². The maximum Gasteiger partial charge on any atom is 0.0672 e. The molecule has 3 rings (SSSR count). The molecule has 4 nitrogen and oxygen atoms in total. The van der Waals surface area contributed by atoms with Crippen molar-refractivity contribution in [3.8, 4) is 0 Å². The number of benzene rings is 2. The molecule has 1 atom stereocenters. The van der Waals surface area contributed by atoms with Crippen LogP contribution in [0.25, 0.3) is 10.9 Å². The Morgan fingerprint density at radius 3 is 2.75 bits per heavy atom. The number of H-pyrrole nitrogens is 1. The van der Waals surface area contributed by atoms with E-state index in [4.69, 9.17) is 17.3 Å². The van der Waals surface area contributed by atoms with Crippen molar-refractivity contribution in [3.63, 3.8) is 0 Å². The highest BCUT2D eigenvalue weighted by molar-refractivity contribution is 6.30. The lowest BCUT2D eigenvalue weighted by atomic mass is 10.1. The lowest BCUT2D eigenvalue weighted by Gasteiger charge is -2.17. The third-order valence-electron chi connectivity index (χ3n) is 3.35. The van der Waals surface area contributed by atoms with E-state index in [-0.39, 0.29) is 6.04 Å². The zero-order chi connectivity index (χ0) is 14.1. The van der Waals surface area contributed by atoms with Gasteiger partial charge in [0.05, 0.1) is 23.1 Å². The molecule has 0 bridgehead atoms. The molecule has 0 fully saturated rings. The van der Waals surface area contributed by atoms with Crippen molar-refractivity contribution in [2.75, 3.05) is 11.1 Å². The SMILES string of the molecule is CC(Nc1cc2[nH]ncc2cc1N)c1ccc(Cl)cc1. The van der Waals surface area contributed by atoms with Crippen LogP contribution in [0, 0.1) is 0 Å². The fourth-order valence-corrected chi connectivity index (χ4v) is 2.33. The first-order valence-electron chi connectivity index (χ1n) is 6.38. The highest BCUT2D eigenvalue weighted by atomic mass is 35.5. The molecule has 3 aromatic rings. The number of rotatable bonds is 3. The lowest BCUT2D eigenvalue weighted by Crippen LogP contribution is -2.08. The van der Waals surface area contributed by atoms with Crippen LogP contribution in [-0.2, 0) is 0 Å². The van der Waals surface area contributed by atoms with Crippen molar-refractivity contribution in [2.45, 2.75) is 13.0 Å². The second-order valence-electron chi connectivity index (χ2n) is 4.81. The molecule has 1 heterocycles. The van der Waals surface area contributed by atoms with Gasteiger partial charge in [-0.25, -0.2) is 0 Å². The normalized spacial score (nSPS) is 12.5. The average Bonchev–Trinajstić information content (AvgIpc) is 2.87. The fourth-order valence-electron chi connectivity index (χ4n) is 2.20. The molecule has 0 saturated carbocycles. The van der Waals surface area contributed by atoms with Gasteiger partial charge in [0.1, 0.15) is 0 Å². The van der Waals surface area contributed by atoms with Gasteiger partial charge in [0, 0.05) is 16.5 Å². The third-order valence-corrected chi connectivity index (χ3v) is 3.60. The Morgan fingerprint density at radius 1 is 1.25 bits per heavy atom. The standard InChI is InChI=1S/C15H15ClN4/c1-9(10-2-4-12(16)5-3-10)19-15-7-14-11(6-13(15)17)8-18-20-14/h2-9,19H,17H2,1H3,(H,18,20). The molecule has 5 heteroatoms. The van der Waals surface area contributed by atoms with Gasteiger partial charge < -0.3 is 11.1 Å². The van der Waals surface area contributed by atoms with Gasteiger partial charge in [0.2, 0.25) is 0 Å². The van der Waals surface area contributed by atoms with Crippen LogP contribution >= 0.6 is 11.6 Å². The van der Waals surface area contributed by atoms with E-state index in [0.717, 1.165) is 27.2 Å². The van der Waals surface area contributed by atoms with Crippen molar-refractivity contribution in [2.24, 2.45) is 0 Å². The molecule has 2 aromatic carbocycles. The fraction of sp³-hybridized carbons (Fsp3) is 0.133. The molecule has 0 saturated heterocycles. The molecule has 1 unspecified atom stereocenters. The van der Waals surface area contributed by atoms with Crippen LogP contribution in [0.15, 0.2) is 42.6 Å². The van der Waals surface area contributed by atoms with Crippen LogP contribution < -0.4 is 11.1 Å². The van der Waals surface area contributed by atoms with E-state index < -0.39 is 0 Å². The number of hydrogen-bond donors (Lipinski definition) is 3. The lowest BCUT2D eigenvalue weighted by molar-refractivity contribution is 0.886. The van der Waals surface area contributed by atoms with Crippen LogP contribution in [0.4, 0.5) is 11.4 Å². The van der Waals surface area contributed by atoms with Crippen molar-refractivity contribution >= 4 is 33.9 Å². The summed E-state index contributed by atoms with van der Waals surface area (Å²) in [6.07, 6.45) is 1.76. The summed E-state index contributed by atoms with van der Waals surface area (Å²) in [5.74, 6) is 0. The smallest absolute Gasteiger partial charge is 0.0672 e. The number of anilines is 2. The molecule has 0 aliphatic heterocycles. The van der Waals surface area contributed by atoms with Crippen molar-refractivity contribution in [1.29, 1.82) is 0 Å². The molecule has 0 aliphatic rings. The first-order chi connectivity index (χ1) is 9.63. The summed E-state index contributed by atoms with van der Waals surface area (Å²) in [5, 5.41) is 12.1. The topological polar surface area (TPSA) is 66.7 Å². The molecular formula is C15H15ClN4. The Balaban J connectivity index is 1.88. The van der Waals surface area contributed by atoms with E-state index in [2.05, 4.69) is 22.4 Å². The zero-order valence-corrected chi connectivity index (χ0v) is 11.8. The molecule has 0 aliphatic carbocycles. The summed E-state index contributed by atoms with van der Waals surface area (Å²) in [5.41, 5.74) is 9.79. The second kappa shape index (κ2) is 5.06. The van der Waals surface area contributed by atoms with Crippen LogP contribution in [0.1, 0.15) is 18.5 Å². The Labute approximate surface area is 121 Å². The second-order valence-corrected chi connectivity index (χ2v) is 5.25. The Morgan fingerprint density at radius 2 is 2.00 bits per heavy atom. The summed E-state index contributed by atoms with van der Waals surface area (Å²) < 4.78 is 0. The molecular weight excluding hydrogens is 272 g/mol. The van der Waals surface area contributed by atoms with Gasteiger partial charge in [-0.05, 0) is 36.8 Å². The van der Waals surface area contributed by atoms with Crippen LogP contribution in [0.2, 0.25) is 5.02 Å². The molecule has 0 radical (unpaired) electrons. The number of aromatic amines is 1. The number of nitrogens with one attached hydrogen (secondary N) is 2. The van der Waals surface area contributed by atoms with Crippen molar-refractivity contribution < 1.29 is 0 Å². The van der Waals surface area contributed by atoms with Gasteiger partial charge in [-0.15, -0.1) is 0 Å². The van der Waals surface area contributed by atoms with E-state index in [0.29, 0.717) is 5.69 Å². The van der Waals surface area contributed by atoms with Gasteiger partial charge in [-0.1, -0.05) is 23.7 Å². The number of nitrogens with two attached hydrogens (primary N) is 1. The minimum Gasteiger partial charge on any atom is -0.397 e. The third kappa shape index (κ3) is 2.42. The number of nitrogens with zero attached hydrogens (tertiary/aromatic N) is 1. The van der Waals surface area contributed by atoms with E-state index >= 15 is 0 Å². The number of halogens is 1. The van der Waals surface area contributed by atoms with Gasteiger partial charge in [-0.2, -0.15) is 5.10 Å². The van der Waals surface area contributed by atoms with E-state index in [9.17, 15) is 0 Å². The molecule has 4 N–H and O–H groups in total. The Bertz CT molecular complexity index is 733.